The van der Waals surface area contributed by atoms with Gasteiger partial charge in [0.15, 0.2) is 0 Å². The smallest absolute Gasteiger partial charge is 0.332 e. The monoisotopic (exact) mass is 215 g/mol. The maximum atomic E-state index is 10.5. The first-order valence-corrected chi connectivity index (χ1v) is 5.72. The Kier molecular flexibility index (Phi) is 3.80. The second-order valence-electron chi connectivity index (χ2n) is 3.72. The second-order valence-corrected chi connectivity index (χ2v) is 5.54. The van der Waals surface area contributed by atoms with Gasteiger partial charge >= 0.3 is 6.03 Å². The Hall–Kier alpha value is -0.710. The molecule has 14 heavy (non-hydrogen) atoms. The first-order chi connectivity index (χ1) is 6.50. The average molecular weight is 215 g/mol. The molecule has 80 valence electrons. The number of amides is 2. The number of thioether (sulfide) groups is 1. The third-order valence-corrected chi connectivity index (χ3v) is 3.95. The number of urea groups is 1. The molecule has 0 aliphatic carbocycles. The molecule has 0 aromatic carbocycles. The molecule has 3 atom stereocenters. The van der Waals surface area contributed by atoms with Crippen LogP contribution in [0.25, 0.3) is 0 Å². The molecule has 1 rings (SSSR count). The molecule has 0 bridgehead atoms. The zero-order chi connectivity index (χ0) is 10.7. The van der Waals surface area contributed by atoms with Gasteiger partial charge in [0.25, 0.3) is 0 Å². The molecule has 1 aliphatic heterocycles. The largest absolute Gasteiger partial charge is 0.350 e. The van der Waals surface area contributed by atoms with Crippen molar-refractivity contribution in [3.63, 3.8) is 0 Å². The van der Waals surface area contributed by atoms with E-state index in [0.717, 1.165) is 12.1 Å². The lowest BCUT2D eigenvalue weighted by atomic mass is 9.98. The highest BCUT2D eigenvalue weighted by atomic mass is 32.2. The highest BCUT2D eigenvalue weighted by molar-refractivity contribution is 8.00. The molecular weight excluding hydrogens is 198 g/mol. The van der Waals surface area contributed by atoms with Gasteiger partial charge in [-0.3, -0.25) is 0 Å². The van der Waals surface area contributed by atoms with E-state index in [1.165, 1.54) is 0 Å². The number of nitrogens with zero attached hydrogens (tertiary/aromatic N) is 1. The number of carbonyl (C=O) groups excluding carboxylic acids is 1. The summed E-state index contributed by atoms with van der Waals surface area (Å²) in [5.74, 6) is 0.406. The molecule has 4 nitrogen and oxygen atoms in total. The molecule has 2 amide bonds. The fourth-order valence-electron chi connectivity index (χ4n) is 1.56. The minimum absolute atomic E-state index is 0.406. The number of nitrogens with two attached hydrogens (primary N) is 1. The van der Waals surface area contributed by atoms with Gasteiger partial charge in [-0.1, -0.05) is 20.8 Å². The van der Waals surface area contributed by atoms with E-state index >= 15 is 0 Å². The molecule has 0 aromatic rings. The molecule has 0 spiro atoms. The van der Waals surface area contributed by atoms with Crippen LogP contribution in [0.3, 0.4) is 0 Å². The third kappa shape index (κ3) is 2.90. The SMILES string of the molecule is C[C@@H]1S[C@@H](C)CC(=NNC(N)=O)[C@@H]1C. The molecule has 1 saturated heterocycles. The van der Waals surface area contributed by atoms with Gasteiger partial charge in [-0.05, 0) is 6.42 Å². The molecule has 0 aromatic heterocycles. The number of carbonyl (C=O) groups is 1. The topological polar surface area (TPSA) is 67.5 Å². The molecule has 1 fully saturated rings. The second kappa shape index (κ2) is 4.68. The van der Waals surface area contributed by atoms with Crippen molar-refractivity contribution in [3.8, 4) is 0 Å². The van der Waals surface area contributed by atoms with Crippen LogP contribution >= 0.6 is 11.8 Å². The predicted octanol–water partition coefficient (Wildman–Crippen LogP) is 1.56. The normalized spacial score (nSPS) is 35.6. The summed E-state index contributed by atoms with van der Waals surface area (Å²) in [5, 5.41) is 5.16. The van der Waals surface area contributed by atoms with Crippen LogP contribution in [0, 0.1) is 5.92 Å². The van der Waals surface area contributed by atoms with Crippen LogP contribution in [0.1, 0.15) is 27.2 Å². The minimum atomic E-state index is -0.594. The Balaban J connectivity index is 2.65. The molecule has 5 heteroatoms. The lowest BCUT2D eigenvalue weighted by Gasteiger charge is -2.30. The van der Waals surface area contributed by atoms with Gasteiger partial charge in [0.1, 0.15) is 0 Å². The summed E-state index contributed by atoms with van der Waals surface area (Å²) in [6.07, 6.45) is 0.927. The van der Waals surface area contributed by atoms with Crippen LogP contribution in [0.2, 0.25) is 0 Å². The van der Waals surface area contributed by atoms with E-state index in [1.807, 2.05) is 11.8 Å². The van der Waals surface area contributed by atoms with E-state index in [4.69, 9.17) is 5.73 Å². The molecule has 1 aliphatic rings. The molecule has 3 N–H and O–H groups in total. The van der Waals surface area contributed by atoms with Crippen molar-refractivity contribution < 1.29 is 4.79 Å². The Morgan fingerprint density at radius 1 is 1.57 bits per heavy atom. The van der Waals surface area contributed by atoms with Crippen molar-refractivity contribution >= 4 is 23.5 Å². The minimum Gasteiger partial charge on any atom is -0.350 e. The lowest BCUT2D eigenvalue weighted by molar-refractivity contribution is 0.249. The fourth-order valence-corrected chi connectivity index (χ4v) is 2.95. The van der Waals surface area contributed by atoms with Gasteiger partial charge in [-0.25, -0.2) is 10.2 Å². The number of rotatable bonds is 1. The predicted molar refractivity (Wildman–Crippen MR) is 60.5 cm³/mol. The van der Waals surface area contributed by atoms with Crippen molar-refractivity contribution in [2.45, 2.75) is 37.7 Å². The van der Waals surface area contributed by atoms with Gasteiger partial charge in [0.2, 0.25) is 0 Å². The average Bonchev–Trinajstić information content (AvgIpc) is 2.08. The Labute approximate surface area is 88.7 Å². The van der Waals surface area contributed by atoms with Crippen molar-refractivity contribution in [1.82, 2.24) is 5.43 Å². The van der Waals surface area contributed by atoms with Gasteiger partial charge in [0, 0.05) is 22.1 Å². The van der Waals surface area contributed by atoms with Gasteiger partial charge in [-0.2, -0.15) is 16.9 Å². The van der Waals surface area contributed by atoms with E-state index in [0.29, 0.717) is 16.4 Å². The van der Waals surface area contributed by atoms with E-state index in [9.17, 15) is 4.79 Å². The summed E-state index contributed by atoms with van der Waals surface area (Å²) in [6.45, 7) is 6.49. The highest BCUT2D eigenvalue weighted by Gasteiger charge is 2.27. The van der Waals surface area contributed by atoms with Crippen LogP contribution in [0.5, 0.6) is 0 Å². The van der Waals surface area contributed by atoms with Crippen molar-refractivity contribution in [2.75, 3.05) is 0 Å². The molecule has 0 saturated carbocycles. The van der Waals surface area contributed by atoms with Gasteiger partial charge in [-0.15, -0.1) is 0 Å². The summed E-state index contributed by atoms with van der Waals surface area (Å²) in [7, 11) is 0. The van der Waals surface area contributed by atoms with Gasteiger partial charge < -0.3 is 5.73 Å². The quantitative estimate of drug-likeness (QED) is 0.652. The summed E-state index contributed by atoms with van der Waals surface area (Å²) >= 11 is 1.96. The molecule has 0 radical (unpaired) electrons. The standard InChI is InChI=1S/C9H17N3OS/c1-5-4-8(11-12-9(10)13)6(2)7(3)14-5/h5-7H,4H2,1-3H3,(H3,10,12,13)/t5-,6+,7-/m0/s1. The van der Waals surface area contributed by atoms with Crippen LogP contribution < -0.4 is 11.2 Å². The third-order valence-electron chi connectivity index (χ3n) is 2.48. The zero-order valence-electron chi connectivity index (χ0n) is 8.78. The Morgan fingerprint density at radius 3 is 2.79 bits per heavy atom. The van der Waals surface area contributed by atoms with Crippen molar-refractivity contribution in [3.05, 3.63) is 0 Å². The Morgan fingerprint density at radius 2 is 2.21 bits per heavy atom. The number of primary amides is 1. The number of hydrogen-bond acceptors (Lipinski definition) is 3. The van der Waals surface area contributed by atoms with E-state index in [2.05, 4.69) is 31.3 Å². The first-order valence-electron chi connectivity index (χ1n) is 4.78. The number of nitrogens with one attached hydrogen (secondary N) is 1. The van der Waals surface area contributed by atoms with Crippen LogP contribution in [0.4, 0.5) is 4.79 Å². The lowest BCUT2D eigenvalue weighted by Crippen LogP contribution is -2.34. The maximum Gasteiger partial charge on any atom is 0.332 e. The fraction of sp³-hybridized carbons (Fsp3) is 0.778. The van der Waals surface area contributed by atoms with Crippen LogP contribution in [0.15, 0.2) is 5.10 Å². The first kappa shape index (κ1) is 11.4. The number of hydrogen-bond donors (Lipinski definition) is 2. The number of hydrazone groups is 1. The van der Waals surface area contributed by atoms with Crippen molar-refractivity contribution in [1.29, 1.82) is 0 Å². The molecular formula is C9H17N3OS. The maximum absolute atomic E-state index is 10.5. The summed E-state index contributed by atoms with van der Waals surface area (Å²) in [5.41, 5.74) is 8.31. The molecule has 1 heterocycles. The van der Waals surface area contributed by atoms with E-state index in [1.54, 1.807) is 0 Å². The highest BCUT2D eigenvalue weighted by Crippen LogP contribution is 2.33. The van der Waals surface area contributed by atoms with Crippen LogP contribution in [-0.4, -0.2) is 22.2 Å². The summed E-state index contributed by atoms with van der Waals surface area (Å²) in [6, 6.07) is -0.594. The van der Waals surface area contributed by atoms with Gasteiger partial charge in [0.05, 0.1) is 0 Å². The summed E-state index contributed by atoms with van der Waals surface area (Å²) in [4.78, 5) is 10.5. The zero-order valence-corrected chi connectivity index (χ0v) is 9.60. The molecule has 0 unspecified atom stereocenters. The Bertz CT molecular complexity index is 254. The van der Waals surface area contributed by atoms with E-state index in [-0.39, 0.29) is 0 Å². The van der Waals surface area contributed by atoms with Crippen LogP contribution in [-0.2, 0) is 0 Å². The van der Waals surface area contributed by atoms with E-state index < -0.39 is 6.03 Å². The van der Waals surface area contributed by atoms with Crippen molar-refractivity contribution in [2.24, 2.45) is 16.8 Å². The summed E-state index contributed by atoms with van der Waals surface area (Å²) < 4.78 is 0.